The maximum atomic E-state index is 13.3. The number of halogens is 1. The van der Waals surface area contributed by atoms with E-state index in [0.29, 0.717) is 23.4 Å². The van der Waals surface area contributed by atoms with Crippen LogP contribution >= 0.6 is 0 Å². The zero-order valence-electron chi connectivity index (χ0n) is 15.2. The molecule has 0 saturated heterocycles. The van der Waals surface area contributed by atoms with E-state index < -0.39 is 5.91 Å². The van der Waals surface area contributed by atoms with Gasteiger partial charge in [0.2, 0.25) is 5.91 Å². The summed E-state index contributed by atoms with van der Waals surface area (Å²) in [5, 5.41) is 13.5. The van der Waals surface area contributed by atoms with Gasteiger partial charge in [-0.1, -0.05) is 5.21 Å². The Labute approximate surface area is 160 Å². The number of fused-ring (bicyclic) bond motifs is 1. The Hall–Kier alpha value is -3.55. The first-order chi connectivity index (χ1) is 13.5. The number of hydrogen-bond acceptors (Lipinski definition) is 4. The zero-order valence-corrected chi connectivity index (χ0v) is 15.2. The average molecular weight is 379 g/mol. The molecule has 3 aromatic rings. The van der Waals surface area contributed by atoms with Crippen LogP contribution in [0.4, 0.5) is 15.8 Å². The Morgan fingerprint density at radius 3 is 2.89 bits per heavy atom. The van der Waals surface area contributed by atoms with E-state index in [1.807, 2.05) is 6.07 Å². The minimum atomic E-state index is -0.399. The number of nitrogens with one attached hydrogen (secondary N) is 2. The van der Waals surface area contributed by atoms with Crippen molar-refractivity contribution < 1.29 is 14.0 Å². The Balaban J connectivity index is 1.52. The highest BCUT2D eigenvalue weighted by Gasteiger charge is 2.16. The second kappa shape index (κ2) is 7.22. The number of anilines is 2. The van der Waals surface area contributed by atoms with E-state index in [0.717, 1.165) is 24.1 Å². The lowest BCUT2D eigenvalue weighted by Gasteiger charge is -2.09. The Morgan fingerprint density at radius 2 is 2.07 bits per heavy atom. The van der Waals surface area contributed by atoms with Gasteiger partial charge in [0.25, 0.3) is 5.91 Å². The molecule has 8 heteroatoms. The standard InChI is InChI=1S/C20H18FN5O2/c1-12-9-14(21)5-8-18(12)26-11-17(24-25-26)20(28)22-15-6-7-16-13(10-15)3-2-4-19(27)23-16/h5-11H,2-4H2,1H3,(H,22,28)(H,23,27). The largest absolute Gasteiger partial charge is 0.326 e. The van der Waals surface area contributed by atoms with Gasteiger partial charge in [-0.25, -0.2) is 9.07 Å². The first kappa shape index (κ1) is 17.8. The lowest BCUT2D eigenvalue weighted by atomic mass is 10.1. The van der Waals surface area contributed by atoms with E-state index in [2.05, 4.69) is 20.9 Å². The predicted molar refractivity (Wildman–Crippen MR) is 102 cm³/mol. The first-order valence-corrected chi connectivity index (χ1v) is 8.92. The third-order valence-corrected chi connectivity index (χ3v) is 4.62. The first-order valence-electron chi connectivity index (χ1n) is 8.92. The number of nitrogens with zero attached hydrogens (tertiary/aromatic N) is 3. The summed E-state index contributed by atoms with van der Waals surface area (Å²) in [4.78, 5) is 24.2. The van der Waals surface area contributed by atoms with Crippen molar-refractivity contribution in [2.24, 2.45) is 0 Å². The van der Waals surface area contributed by atoms with Gasteiger partial charge in [0.15, 0.2) is 5.69 Å². The van der Waals surface area contributed by atoms with E-state index in [9.17, 15) is 14.0 Å². The van der Waals surface area contributed by atoms with Crippen LogP contribution in [0.15, 0.2) is 42.6 Å². The molecule has 2 aromatic carbocycles. The molecule has 2 heterocycles. The van der Waals surface area contributed by atoms with Crippen molar-refractivity contribution in [1.29, 1.82) is 0 Å². The zero-order chi connectivity index (χ0) is 19.7. The molecule has 1 aliphatic rings. The fourth-order valence-electron chi connectivity index (χ4n) is 3.21. The van der Waals surface area contributed by atoms with E-state index in [1.165, 1.54) is 23.0 Å². The van der Waals surface area contributed by atoms with Crippen LogP contribution in [0.25, 0.3) is 5.69 Å². The molecule has 28 heavy (non-hydrogen) atoms. The van der Waals surface area contributed by atoms with E-state index in [4.69, 9.17) is 0 Å². The number of aromatic nitrogens is 3. The molecule has 1 aliphatic heterocycles. The fraction of sp³-hybridized carbons (Fsp3) is 0.200. The molecule has 0 spiro atoms. The van der Waals surface area contributed by atoms with Crippen LogP contribution < -0.4 is 10.6 Å². The number of aryl methyl sites for hydroxylation is 2. The highest BCUT2D eigenvalue weighted by molar-refractivity contribution is 6.03. The van der Waals surface area contributed by atoms with Gasteiger partial charge in [0.1, 0.15) is 5.82 Å². The third-order valence-electron chi connectivity index (χ3n) is 4.62. The fourth-order valence-corrected chi connectivity index (χ4v) is 3.21. The van der Waals surface area contributed by atoms with Crippen molar-refractivity contribution >= 4 is 23.2 Å². The van der Waals surface area contributed by atoms with E-state index in [-0.39, 0.29) is 17.4 Å². The highest BCUT2D eigenvalue weighted by Crippen LogP contribution is 2.25. The smallest absolute Gasteiger partial charge is 0.277 e. The van der Waals surface area contributed by atoms with E-state index in [1.54, 1.807) is 25.1 Å². The monoisotopic (exact) mass is 379 g/mol. The SMILES string of the molecule is Cc1cc(F)ccc1-n1cc(C(=O)Nc2ccc3c(c2)CCCC(=O)N3)nn1. The van der Waals surface area contributed by atoms with Crippen molar-refractivity contribution in [1.82, 2.24) is 15.0 Å². The Morgan fingerprint density at radius 1 is 1.21 bits per heavy atom. The van der Waals surface area contributed by atoms with Gasteiger partial charge in [-0.3, -0.25) is 9.59 Å². The molecule has 0 saturated carbocycles. The molecule has 142 valence electrons. The van der Waals surface area contributed by atoms with Gasteiger partial charge >= 0.3 is 0 Å². The number of hydrogen-bond donors (Lipinski definition) is 2. The summed E-state index contributed by atoms with van der Waals surface area (Å²) >= 11 is 0. The summed E-state index contributed by atoms with van der Waals surface area (Å²) in [6.45, 7) is 1.76. The predicted octanol–water partition coefficient (Wildman–Crippen LogP) is 3.24. The quantitative estimate of drug-likeness (QED) is 0.731. The van der Waals surface area contributed by atoms with Gasteiger partial charge < -0.3 is 10.6 Å². The molecular weight excluding hydrogens is 361 g/mol. The molecule has 0 bridgehead atoms. The summed E-state index contributed by atoms with van der Waals surface area (Å²) in [7, 11) is 0. The minimum Gasteiger partial charge on any atom is -0.326 e. The molecule has 0 fully saturated rings. The lowest BCUT2D eigenvalue weighted by Crippen LogP contribution is -2.13. The van der Waals surface area contributed by atoms with Crippen LogP contribution in [0.1, 0.15) is 34.5 Å². The topological polar surface area (TPSA) is 88.9 Å². The summed E-state index contributed by atoms with van der Waals surface area (Å²) < 4.78 is 14.7. The molecule has 0 unspecified atom stereocenters. The Bertz CT molecular complexity index is 1080. The molecule has 2 N–H and O–H groups in total. The summed E-state index contributed by atoms with van der Waals surface area (Å²) in [6, 6.07) is 9.68. The van der Waals surface area contributed by atoms with Gasteiger partial charge in [0, 0.05) is 17.8 Å². The number of rotatable bonds is 3. The van der Waals surface area contributed by atoms with Crippen LogP contribution in [0.3, 0.4) is 0 Å². The molecule has 7 nitrogen and oxygen atoms in total. The molecule has 0 aliphatic carbocycles. The van der Waals surface area contributed by atoms with Crippen molar-refractivity contribution in [2.75, 3.05) is 10.6 Å². The van der Waals surface area contributed by atoms with E-state index >= 15 is 0 Å². The van der Waals surface area contributed by atoms with Crippen LogP contribution in [-0.2, 0) is 11.2 Å². The minimum absolute atomic E-state index is 0.00300. The Kier molecular flexibility index (Phi) is 4.60. The maximum absolute atomic E-state index is 13.3. The number of carbonyl (C=O) groups is 2. The average Bonchev–Trinajstić information content (AvgIpc) is 3.06. The third kappa shape index (κ3) is 3.62. The van der Waals surface area contributed by atoms with Crippen LogP contribution in [0, 0.1) is 12.7 Å². The second-order valence-electron chi connectivity index (χ2n) is 6.71. The van der Waals surface area contributed by atoms with Crippen molar-refractivity contribution in [2.45, 2.75) is 26.2 Å². The molecule has 4 rings (SSSR count). The van der Waals surface area contributed by atoms with Crippen molar-refractivity contribution in [3.63, 3.8) is 0 Å². The number of benzene rings is 2. The molecule has 1 aromatic heterocycles. The normalized spacial score (nSPS) is 13.4. The second-order valence-corrected chi connectivity index (χ2v) is 6.71. The van der Waals surface area contributed by atoms with Gasteiger partial charge in [-0.15, -0.1) is 5.10 Å². The van der Waals surface area contributed by atoms with Crippen LogP contribution in [0.5, 0.6) is 0 Å². The van der Waals surface area contributed by atoms with Crippen molar-refractivity contribution in [3.8, 4) is 5.69 Å². The number of carbonyl (C=O) groups excluding carboxylic acids is 2. The maximum Gasteiger partial charge on any atom is 0.277 e. The summed E-state index contributed by atoms with van der Waals surface area (Å²) in [5.41, 5.74) is 3.85. The molecule has 2 amide bonds. The molecule has 0 atom stereocenters. The number of amides is 2. The molecular formula is C20H18FN5O2. The van der Waals surface area contributed by atoms with Gasteiger partial charge in [-0.2, -0.15) is 0 Å². The lowest BCUT2D eigenvalue weighted by molar-refractivity contribution is -0.116. The summed E-state index contributed by atoms with van der Waals surface area (Å²) in [5.74, 6) is -0.731. The summed E-state index contributed by atoms with van der Waals surface area (Å²) in [6.07, 6.45) is 3.51. The van der Waals surface area contributed by atoms with Crippen molar-refractivity contribution in [3.05, 3.63) is 65.2 Å². The van der Waals surface area contributed by atoms with Gasteiger partial charge in [0.05, 0.1) is 11.9 Å². The molecule has 0 radical (unpaired) electrons. The van der Waals surface area contributed by atoms with Gasteiger partial charge in [-0.05, 0) is 67.3 Å². The van der Waals surface area contributed by atoms with Crippen LogP contribution in [-0.4, -0.2) is 26.8 Å². The van der Waals surface area contributed by atoms with Crippen LogP contribution in [0.2, 0.25) is 0 Å². The highest BCUT2D eigenvalue weighted by atomic mass is 19.1.